The number of halogens is 1. The Hall–Kier alpha value is -1.42. The van der Waals surface area contributed by atoms with Crippen molar-refractivity contribution < 1.29 is 19.0 Å². The smallest absolute Gasteiger partial charge is 0.311 e. The molecule has 0 spiro atoms. The Kier molecular flexibility index (Phi) is 6.36. The lowest BCUT2D eigenvalue weighted by Crippen LogP contribution is -2.15. The van der Waals surface area contributed by atoms with Crippen molar-refractivity contribution in [3.63, 3.8) is 0 Å². The van der Waals surface area contributed by atoms with Gasteiger partial charge in [0.05, 0.1) is 5.92 Å². The van der Waals surface area contributed by atoms with Gasteiger partial charge in [0.15, 0.2) is 0 Å². The van der Waals surface area contributed by atoms with Crippen LogP contribution in [0.15, 0.2) is 24.3 Å². The zero-order chi connectivity index (χ0) is 13.4. The molecule has 0 fully saturated rings. The van der Waals surface area contributed by atoms with Crippen LogP contribution in [-0.4, -0.2) is 24.3 Å². The SMILES string of the molecule is CCCCOCCC(C(=O)O)c1ccccc1F. The van der Waals surface area contributed by atoms with Crippen LogP contribution in [0.2, 0.25) is 0 Å². The summed E-state index contributed by atoms with van der Waals surface area (Å²) in [7, 11) is 0. The number of unbranched alkanes of at least 4 members (excludes halogenated alkanes) is 1. The number of carboxylic acid groups (broad SMARTS) is 1. The molecule has 0 saturated heterocycles. The van der Waals surface area contributed by atoms with Crippen molar-refractivity contribution in [2.24, 2.45) is 0 Å². The van der Waals surface area contributed by atoms with Crippen molar-refractivity contribution in [1.82, 2.24) is 0 Å². The number of aliphatic carboxylic acids is 1. The molecule has 0 aliphatic heterocycles. The van der Waals surface area contributed by atoms with Crippen molar-refractivity contribution in [2.45, 2.75) is 32.1 Å². The Balaban J connectivity index is 2.56. The van der Waals surface area contributed by atoms with Crippen LogP contribution in [0.5, 0.6) is 0 Å². The lowest BCUT2D eigenvalue weighted by molar-refractivity contribution is -0.139. The fraction of sp³-hybridized carbons (Fsp3) is 0.500. The van der Waals surface area contributed by atoms with Crippen LogP contribution in [0.3, 0.4) is 0 Å². The van der Waals surface area contributed by atoms with Crippen molar-refractivity contribution in [3.8, 4) is 0 Å². The molecule has 1 aromatic rings. The average Bonchev–Trinajstić information content (AvgIpc) is 2.35. The second-order valence-corrected chi connectivity index (χ2v) is 4.17. The van der Waals surface area contributed by atoms with E-state index >= 15 is 0 Å². The molecule has 1 unspecified atom stereocenters. The summed E-state index contributed by atoms with van der Waals surface area (Å²) in [5, 5.41) is 9.13. The molecule has 0 amide bonds. The maximum atomic E-state index is 13.5. The third-order valence-corrected chi connectivity index (χ3v) is 2.77. The van der Waals surface area contributed by atoms with E-state index in [1.165, 1.54) is 12.1 Å². The maximum absolute atomic E-state index is 13.5. The Labute approximate surface area is 107 Å². The number of ether oxygens (including phenoxy) is 1. The molecule has 100 valence electrons. The van der Waals surface area contributed by atoms with E-state index in [0.29, 0.717) is 19.6 Å². The number of hydrogen-bond acceptors (Lipinski definition) is 2. The second-order valence-electron chi connectivity index (χ2n) is 4.17. The second kappa shape index (κ2) is 7.82. The molecule has 1 atom stereocenters. The number of hydrogen-bond donors (Lipinski definition) is 1. The Morgan fingerprint density at radius 2 is 2.11 bits per heavy atom. The molecule has 1 N–H and O–H groups in total. The zero-order valence-corrected chi connectivity index (χ0v) is 10.6. The van der Waals surface area contributed by atoms with Gasteiger partial charge < -0.3 is 9.84 Å². The number of carboxylic acids is 1. The monoisotopic (exact) mass is 254 g/mol. The lowest BCUT2D eigenvalue weighted by atomic mass is 9.96. The molecule has 1 rings (SSSR count). The Bertz CT molecular complexity index is 379. The van der Waals surface area contributed by atoms with E-state index in [2.05, 4.69) is 6.92 Å². The summed E-state index contributed by atoms with van der Waals surface area (Å²) in [5.41, 5.74) is 0.226. The van der Waals surface area contributed by atoms with Gasteiger partial charge in [-0.2, -0.15) is 0 Å². The molecule has 4 heteroatoms. The largest absolute Gasteiger partial charge is 0.481 e. The average molecular weight is 254 g/mol. The maximum Gasteiger partial charge on any atom is 0.311 e. The third kappa shape index (κ3) is 4.45. The van der Waals surface area contributed by atoms with E-state index in [-0.39, 0.29) is 5.56 Å². The van der Waals surface area contributed by atoms with Crippen LogP contribution in [0, 0.1) is 5.82 Å². The molecule has 3 nitrogen and oxygen atoms in total. The van der Waals surface area contributed by atoms with Crippen LogP contribution in [0.4, 0.5) is 4.39 Å². The summed E-state index contributed by atoms with van der Waals surface area (Å²) in [6.45, 7) is 3.02. The number of carbonyl (C=O) groups is 1. The quantitative estimate of drug-likeness (QED) is 0.725. The molecular weight excluding hydrogens is 235 g/mol. The van der Waals surface area contributed by atoms with Crippen molar-refractivity contribution in [1.29, 1.82) is 0 Å². The van der Waals surface area contributed by atoms with Crippen LogP contribution < -0.4 is 0 Å². The summed E-state index contributed by atoms with van der Waals surface area (Å²) < 4.78 is 18.9. The molecule has 0 aliphatic rings. The summed E-state index contributed by atoms with van der Waals surface area (Å²) >= 11 is 0. The summed E-state index contributed by atoms with van der Waals surface area (Å²) in [4.78, 5) is 11.1. The molecular formula is C14H19FO3. The van der Waals surface area contributed by atoms with Gasteiger partial charge in [-0.25, -0.2) is 4.39 Å². The molecule has 0 bridgehead atoms. The van der Waals surface area contributed by atoms with Gasteiger partial charge in [0.1, 0.15) is 5.82 Å². The van der Waals surface area contributed by atoms with Gasteiger partial charge in [-0.15, -0.1) is 0 Å². The van der Waals surface area contributed by atoms with Crippen molar-refractivity contribution in [3.05, 3.63) is 35.6 Å². The first kappa shape index (κ1) is 14.6. The highest BCUT2D eigenvalue weighted by Gasteiger charge is 2.22. The first-order valence-electron chi connectivity index (χ1n) is 6.21. The summed E-state index contributed by atoms with van der Waals surface area (Å²) in [5.74, 6) is -2.33. The highest BCUT2D eigenvalue weighted by molar-refractivity contribution is 5.76. The van der Waals surface area contributed by atoms with Crippen molar-refractivity contribution in [2.75, 3.05) is 13.2 Å². The fourth-order valence-electron chi connectivity index (χ4n) is 1.72. The van der Waals surface area contributed by atoms with Crippen LogP contribution in [-0.2, 0) is 9.53 Å². The highest BCUT2D eigenvalue weighted by Crippen LogP contribution is 2.22. The number of rotatable bonds is 8. The minimum absolute atomic E-state index is 0.226. The normalized spacial score (nSPS) is 12.3. The Morgan fingerprint density at radius 1 is 1.39 bits per heavy atom. The topological polar surface area (TPSA) is 46.5 Å². The molecule has 0 radical (unpaired) electrons. The standard InChI is InChI=1S/C14H19FO3/c1-2-3-9-18-10-8-12(14(16)17)11-6-4-5-7-13(11)15/h4-7,12H,2-3,8-10H2,1H3,(H,16,17). The number of benzene rings is 1. The lowest BCUT2D eigenvalue weighted by Gasteiger charge is -2.13. The van der Waals surface area contributed by atoms with Gasteiger partial charge >= 0.3 is 5.97 Å². The van der Waals surface area contributed by atoms with E-state index in [1.807, 2.05) is 0 Å². The molecule has 0 aliphatic carbocycles. The van der Waals surface area contributed by atoms with E-state index < -0.39 is 17.7 Å². The van der Waals surface area contributed by atoms with Gasteiger partial charge in [-0.05, 0) is 18.9 Å². The van der Waals surface area contributed by atoms with Gasteiger partial charge in [-0.1, -0.05) is 31.5 Å². The van der Waals surface area contributed by atoms with Gasteiger partial charge in [0, 0.05) is 18.8 Å². The van der Waals surface area contributed by atoms with E-state index in [1.54, 1.807) is 12.1 Å². The van der Waals surface area contributed by atoms with Crippen LogP contribution in [0.25, 0.3) is 0 Å². The highest BCUT2D eigenvalue weighted by atomic mass is 19.1. The van der Waals surface area contributed by atoms with Gasteiger partial charge in [0.2, 0.25) is 0 Å². The summed E-state index contributed by atoms with van der Waals surface area (Å²) in [6, 6.07) is 5.99. The minimum Gasteiger partial charge on any atom is -0.481 e. The molecule has 0 saturated carbocycles. The van der Waals surface area contributed by atoms with Crippen LogP contribution in [0.1, 0.15) is 37.7 Å². The predicted molar refractivity (Wildman–Crippen MR) is 67.1 cm³/mol. The first-order chi connectivity index (χ1) is 8.66. The molecule has 0 heterocycles. The first-order valence-corrected chi connectivity index (χ1v) is 6.21. The molecule has 18 heavy (non-hydrogen) atoms. The summed E-state index contributed by atoms with van der Waals surface area (Å²) in [6.07, 6.45) is 2.28. The fourth-order valence-corrected chi connectivity index (χ4v) is 1.72. The third-order valence-electron chi connectivity index (χ3n) is 2.77. The van der Waals surface area contributed by atoms with E-state index in [9.17, 15) is 9.18 Å². The Morgan fingerprint density at radius 3 is 2.72 bits per heavy atom. The van der Waals surface area contributed by atoms with E-state index in [0.717, 1.165) is 12.8 Å². The van der Waals surface area contributed by atoms with Gasteiger partial charge in [0.25, 0.3) is 0 Å². The van der Waals surface area contributed by atoms with Crippen LogP contribution >= 0.6 is 0 Å². The molecule has 1 aromatic carbocycles. The van der Waals surface area contributed by atoms with E-state index in [4.69, 9.17) is 9.84 Å². The van der Waals surface area contributed by atoms with Crippen molar-refractivity contribution >= 4 is 5.97 Å². The van der Waals surface area contributed by atoms with Gasteiger partial charge in [-0.3, -0.25) is 4.79 Å². The molecule has 0 aromatic heterocycles. The zero-order valence-electron chi connectivity index (χ0n) is 10.6. The predicted octanol–water partition coefficient (Wildman–Crippen LogP) is 3.20. The minimum atomic E-state index is -1.01.